The molecule has 1 atom stereocenters. The monoisotopic (exact) mass is 264 g/mol. The molecule has 0 aromatic heterocycles. The zero-order valence-corrected chi connectivity index (χ0v) is 10.4. The standard InChI is InChI=1S/C11H14F2N2O.ClH/c1-7(6-14-2)11(16)15-9-5-3-4-8(12)10(9)13;/h3-5,7,14H,6H2,1-2H3,(H,15,16);1H. The highest BCUT2D eigenvalue weighted by molar-refractivity contribution is 5.92. The summed E-state index contributed by atoms with van der Waals surface area (Å²) >= 11 is 0. The molecule has 0 fully saturated rings. The summed E-state index contributed by atoms with van der Waals surface area (Å²) in [7, 11) is 1.71. The van der Waals surface area contributed by atoms with Gasteiger partial charge in [0.2, 0.25) is 5.91 Å². The maximum atomic E-state index is 13.2. The van der Waals surface area contributed by atoms with E-state index in [4.69, 9.17) is 0 Å². The molecule has 0 aliphatic rings. The Balaban J connectivity index is 0.00000256. The van der Waals surface area contributed by atoms with Crippen molar-refractivity contribution in [2.24, 2.45) is 5.92 Å². The Kier molecular flexibility index (Phi) is 6.68. The molecule has 1 unspecified atom stereocenters. The lowest BCUT2D eigenvalue weighted by atomic mass is 10.1. The number of carbonyl (C=O) groups is 1. The molecule has 96 valence electrons. The second-order valence-corrected chi connectivity index (χ2v) is 3.55. The summed E-state index contributed by atoms with van der Waals surface area (Å²) in [6, 6.07) is 3.67. The van der Waals surface area contributed by atoms with Crippen molar-refractivity contribution in [2.45, 2.75) is 6.92 Å². The van der Waals surface area contributed by atoms with Gasteiger partial charge >= 0.3 is 0 Å². The number of nitrogens with one attached hydrogen (secondary N) is 2. The van der Waals surface area contributed by atoms with E-state index in [0.717, 1.165) is 6.07 Å². The Labute approximate surface area is 105 Å². The molecule has 1 aromatic rings. The molecular formula is C11H15ClF2N2O. The molecule has 1 amide bonds. The molecule has 0 aliphatic carbocycles. The number of hydrogen-bond donors (Lipinski definition) is 2. The van der Waals surface area contributed by atoms with Crippen LogP contribution in [0.3, 0.4) is 0 Å². The largest absolute Gasteiger partial charge is 0.323 e. The van der Waals surface area contributed by atoms with E-state index in [2.05, 4.69) is 10.6 Å². The van der Waals surface area contributed by atoms with Crippen LogP contribution in [0.15, 0.2) is 18.2 Å². The first-order valence-electron chi connectivity index (χ1n) is 4.95. The number of halogens is 3. The van der Waals surface area contributed by atoms with Gasteiger partial charge in [0.1, 0.15) is 0 Å². The first-order chi connectivity index (χ1) is 7.56. The van der Waals surface area contributed by atoms with Crippen molar-refractivity contribution < 1.29 is 13.6 Å². The molecule has 1 aromatic carbocycles. The zero-order valence-electron chi connectivity index (χ0n) is 9.59. The minimum absolute atomic E-state index is 0. The van der Waals surface area contributed by atoms with Crippen LogP contribution in [0, 0.1) is 17.6 Å². The maximum Gasteiger partial charge on any atom is 0.228 e. The van der Waals surface area contributed by atoms with Gasteiger partial charge in [-0.15, -0.1) is 12.4 Å². The second-order valence-electron chi connectivity index (χ2n) is 3.55. The highest BCUT2D eigenvalue weighted by Gasteiger charge is 2.15. The smallest absolute Gasteiger partial charge is 0.228 e. The van der Waals surface area contributed by atoms with Crippen LogP contribution in [0.1, 0.15) is 6.92 Å². The van der Waals surface area contributed by atoms with Crippen molar-refractivity contribution in [3.63, 3.8) is 0 Å². The third kappa shape index (κ3) is 4.28. The predicted molar refractivity (Wildman–Crippen MR) is 65.3 cm³/mol. The summed E-state index contributed by atoms with van der Waals surface area (Å²) in [4.78, 5) is 11.5. The van der Waals surface area contributed by atoms with Crippen molar-refractivity contribution >= 4 is 24.0 Å². The number of carbonyl (C=O) groups excluding carboxylic acids is 1. The molecule has 17 heavy (non-hydrogen) atoms. The van der Waals surface area contributed by atoms with E-state index in [1.165, 1.54) is 12.1 Å². The van der Waals surface area contributed by atoms with Crippen LogP contribution >= 0.6 is 12.4 Å². The molecule has 0 saturated heterocycles. The minimum Gasteiger partial charge on any atom is -0.323 e. The second kappa shape index (κ2) is 7.19. The summed E-state index contributed by atoms with van der Waals surface area (Å²) in [6.07, 6.45) is 0. The quantitative estimate of drug-likeness (QED) is 0.875. The molecule has 0 heterocycles. The van der Waals surface area contributed by atoms with Crippen LogP contribution in [-0.2, 0) is 4.79 Å². The first kappa shape index (κ1) is 15.8. The molecule has 0 spiro atoms. The first-order valence-corrected chi connectivity index (χ1v) is 4.95. The van der Waals surface area contributed by atoms with Gasteiger partial charge in [0, 0.05) is 12.5 Å². The molecule has 6 heteroatoms. The van der Waals surface area contributed by atoms with Crippen LogP contribution in [-0.4, -0.2) is 19.5 Å². The van der Waals surface area contributed by atoms with E-state index in [1.807, 2.05) is 0 Å². The van der Waals surface area contributed by atoms with Gasteiger partial charge < -0.3 is 10.6 Å². The van der Waals surface area contributed by atoms with E-state index < -0.39 is 11.6 Å². The fourth-order valence-electron chi connectivity index (χ4n) is 1.26. The lowest BCUT2D eigenvalue weighted by Crippen LogP contribution is -2.29. The number of anilines is 1. The maximum absolute atomic E-state index is 13.2. The predicted octanol–water partition coefficient (Wildman–Crippen LogP) is 2.18. The SMILES string of the molecule is CNCC(C)C(=O)Nc1cccc(F)c1F.Cl. The van der Waals surface area contributed by atoms with E-state index in [-0.39, 0.29) is 29.9 Å². The van der Waals surface area contributed by atoms with Crippen molar-refractivity contribution in [1.82, 2.24) is 5.32 Å². The van der Waals surface area contributed by atoms with E-state index in [0.29, 0.717) is 6.54 Å². The van der Waals surface area contributed by atoms with Crippen LogP contribution in [0.25, 0.3) is 0 Å². The summed E-state index contributed by atoms with van der Waals surface area (Å²) in [5.41, 5.74) is -0.132. The summed E-state index contributed by atoms with van der Waals surface area (Å²) < 4.78 is 26.0. The molecule has 0 saturated carbocycles. The Morgan fingerprint density at radius 1 is 1.41 bits per heavy atom. The van der Waals surface area contributed by atoms with E-state index in [1.54, 1.807) is 14.0 Å². The van der Waals surface area contributed by atoms with Gasteiger partial charge in [0.05, 0.1) is 5.69 Å². The summed E-state index contributed by atoms with van der Waals surface area (Å²) in [5.74, 6) is -2.67. The van der Waals surface area contributed by atoms with Gasteiger partial charge in [-0.25, -0.2) is 8.78 Å². The molecule has 2 N–H and O–H groups in total. The topological polar surface area (TPSA) is 41.1 Å². The number of hydrogen-bond acceptors (Lipinski definition) is 2. The Bertz CT molecular complexity index is 388. The zero-order chi connectivity index (χ0) is 12.1. The lowest BCUT2D eigenvalue weighted by Gasteiger charge is -2.12. The average molecular weight is 265 g/mol. The Morgan fingerprint density at radius 2 is 2.06 bits per heavy atom. The number of benzene rings is 1. The van der Waals surface area contributed by atoms with Gasteiger partial charge in [-0.1, -0.05) is 13.0 Å². The Morgan fingerprint density at radius 3 is 2.65 bits per heavy atom. The summed E-state index contributed by atoms with van der Waals surface area (Å²) in [5, 5.41) is 5.17. The van der Waals surface area contributed by atoms with Crippen molar-refractivity contribution in [3.05, 3.63) is 29.8 Å². The number of amides is 1. The van der Waals surface area contributed by atoms with Crippen molar-refractivity contribution in [2.75, 3.05) is 18.9 Å². The number of rotatable bonds is 4. The normalized spacial score (nSPS) is 11.5. The van der Waals surface area contributed by atoms with Crippen molar-refractivity contribution in [3.8, 4) is 0 Å². The molecule has 3 nitrogen and oxygen atoms in total. The van der Waals surface area contributed by atoms with Crippen LogP contribution in [0.5, 0.6) is 0 Å². The van der Waals surface area contributed by atoms with Gasteiger partial charge in [0.15, 0.2) is 11.6 Å². The van der Waals surface area contributed by atoms with E-state index >= 15 is 0 Å². The van der Waals surface area contributed by atoms with Gasteiger partial charge in [0.25, 0.3) is 0 Å². The van der Waals surface area contributed by atoms with Gasteiger partial charge in [-0.2, -0.15) is 0 Å². The van der Waals surface area contributed by atoms with Crippen LogP contribution in [0.2, 0.25) is 0 Å². The molecular weight excluding hydrogens is 250 g/mol. The highest BCUT2D eigenvalue weighted by Crippen LogP contribution is 2.17. The minimum atomic E-state index is -1.03. The van der Waals surface area contributed by atoms with Gasteiger partial charge in [-0.3, -0.25) is 4.79 Å². The fourth-order valence-corrected chi connectivity index (χ4v) is 1.26. The molecule has 1 rings (SSSR count). The third-order valence-electron chi connectivity index (χ3n) is 2.17. The van der Waals surface area contributed by atoms with Crippen LogP contribution in [0.4, 0.5) is 14.5 Å². The molecule has 0 radical (unpaired) electrons. The van der Waals surface area contributed by atoms with Gasteiger partial charge in [-0.05, 0) is 19.2 Å². The Hall–Kier alpha value is -1.20. The average Bonchev–Trinajstić information content (AvgIpc) is 2.25. The van der Waals surface area contributed by atoms with Crippen LogP contribution < -0.4 is 10.6 Å². The highest BCUT2D eigenvalue weighted by atomic mass is 35.5. The third-order valence-corrected chi connectivity index (χ3v) is 2.17. The molecule has 0 bridgehead atoms. The van der Waals surface area contributed by atoms with Crippen molar-refractivity contribution in [1.29, 1.82) is 0 Å². The fraction of sp³-hybridized carbons (Fsp3) is 0.364. The molecule has 0 aliphatic heterocycles. The summed E-state index contributed by atoms with van der Waals surface area (Å²) in [6.45, 7) is 2.17. The lowest BCUT2D eigenvalue weighted by molar-refractivity contribution is -0.119. The van der Waals surface area contributed by atoms with E-state index in [9.17, 15) is 13.6 Å².